The molecule has 4 heterocycles. The van der Waals surface area contributed by atoms with Crippen molar-refractivity contribution in [1.82, 2.24) is 19.8 Å². The van der Waals surface area contributed by atoms with Gasteiger partial charge in [-0.05, 0) is 50.3 Å². The van der Waals surface area contributed by atoms with Gasteiger partial charge in [0.05, 0.1) is 6.54 Å². The molecular weight excluding hydrogens is 394 g/mol. The highest BCUT2D eigenvalue weighted by molar-refractivity contribution is 6.19. The molecule has 2 aromatic heterocycles. The van der Waals surface area contributed by atoms with Crippen molar-refractivity contribution in [3.8, 4) is 11.1 Å². The van der Waals surface area contributed by atoms with E-state index in [0.717, 1.165) is 36.0 Å². The van der Waals surface area contributed by atoms with Crippen molar-refractivity contribution in [2.45, 2.75) is 38.6 Å². The number of pyridine rings is 2. The predicted molar refractivity (Wildman–Crippen MR) is 114 cm³/mol. The highest BCUT2D eigenvalue weighted by Gasteiger charge is 2.48. The maximum absolute atomic E-state index is 12.9. The molecule has 0 aromatic carbocycles. The van der Waals surface area contributed by atoms with Crippen molar-refractivity contribution < 1.29 is 14.4 Å². The van der Waals surface area contributed by atoms with Crippen LogP contribution in [0.4, 0.5) is 5.82 Å². The Morgan fingerprint density at radius 1 is 1.23 bits per heavy atom. The van der Waals surface area contributed by atoms with E-state index in [1.165, 1.54) is 4.90 Å². The molecule has 0 radical (unpaired) electrons. The number of nitrogens with one attached hydrogen (secondary N) is 1. The van der Waals surface area contributed by atoms with Gasteiger partial charge in [0.15, 0.2) is 0 Å². The van der Waals surface area contributed by atoms with Gasteiger partial charge in [-0.3, -0.25) is 24.3 Å². The number of aromatic nitrogens is 2. The molecule has 1 aliphatic carbocycles. The molecule has 8 heteroatoms. The highest BCUT2D eigenvalue weighted by atomic mass is 16.2. The minimum absolute atomic E-state index is 0.0153. The minimum Gasteiger partial charge on any atom is -0.357 e. The zero-order valence-corrected chi connectivity index (χ0v) is 17.3. The van der Waals surface area contributed by atoms with Crippen LogP contribution in [0.2, 0.25) is 0 Å². The summed E-state index contributed by atoms with van der Waals surface area (Å²) in [6, 6.07) is 5.68. The number of carbonyl (C=O) groups excluding carboxylic acids is 3. The van der Waals surface area contributed by atoms with E-state index in [2.05, 4.69) is 15.3 Å². The topological polar surface area (TPSA) is 95.5 Å². The van der Waals surface area contributed by atoms with Crippen molar-refractivity contribution in [2.24, 2.45) is 0 Å². The lowest BCUT2D eigenvalue weighted by Crippen LogP contribution is -2.40. The van der Waals surface area contributed by atoms with Gasteiger partial charge >= 0.3 is 0 Å². The standard InChI is InChI=1S/C23H23N5O3/c1-14-10-19(25-12-18(14)15-4-2-8-24-11-15)26-20(29)13-27-9-3-5-17-21(27)23(31)28(22(17)30)16-6-7-16/h2,4,8,10-12,16H,3,5-7,9,13H2,1H3,(H,25,26,29). The quantitative estimate of drug-likeness (QED) is 0.750. The molecule has 3 amide bonds. The van der Waals surface area contributed by atoms with Crippen LogP contribution in [0.15, 0.2) is 48.1 Å². The Kier molecular flexibility index (Phi) is 4.77. The monoisotopic (exact) mass is 417 g/mol. The molecule has 0 unspecified atom stereocenters. The van der Waals surface area contributed by atoms with Crippen LogP contribution in [0.3, 0.4) is 0 Å². The smallest absolute Gasteiger partial charge is 0.277 e. The van der Waals surface area contributed by atoms with Crippen molar-refractivity contribution in [3.05, 3.63) is 53.6 Å². The maximum atomic E-state index is 12.9. The molecule has 0 bridgehead atoms. The van der Waals surface area contributed by atoms with Gasteiger partial charge in [-0.2, -0.15) is 0 Å². The number of aryl methyl sites for hydroxylation is 1. The average Bonchev–Trinajstić information content (AvgIpc) is 3.55. The summed E-state index contributed by atoms with van der Waals surface area (Å²) in [6.45, 7) is 2.55. The fourth-order valence-corrected chi connectivity index (χ4v) is 4.32. The van der Waals surface area contributed by atoms with Gasteiger partial charge in [0, 0.05) is 47.9 Å². The first-order chi connectivity index (χ1) is 15.0. The highest BCUT2D eigenvalue weighted by Crippen LogP contribution is 2.38. The number of hydrogen-bond donors (Lipinski definition) is 1. The van der Waals surface area contributed by atoms with E-state index in [9.17, 15) is 14.4 Å². The first-order valence-electron chi connectivity index (χ1n) is 10.6. The van der Waals surface area contributed by atoms with Crippen LogP contribution in [-0.2, 0) is 14.4 Å². The third kappa shape index (κ3) is 3.58. The second kappa shape index (κ2) is 7.61. The average molecular weight is 417 g/mol. The number of amides is 3. The molecule has 2 aliphatic heterocycles. The number of hydrogen-bond acceptors (Lipinski definition) is 6. The van der Waals surface area contributed by atoms with Gasteiger partial charge in [0.1, 0.15) is 11.5 Å². The molecule has 8 nitrogen and oxygen atoms in total. The Bertz CT molecular complexity index is 1110. The molecule has 0 spiro atoms. The van der Waals surface area contributed by atoms with Gasteiger partial charge in [0.2, 0.25) is 5.91 Å². The lowest BCUT2D eigenvalue weighted by molar-refractivity contribution is -0.138. The Hall–Kier alpha value is -3.55. The van der Waals surface area contributed by atoms with Crippen molar-refractivity contribution in [2.75, 3.05) is 18.4 Å². The molecule has 5 rings (SSSR count). The molecule has 0 saturated heterocycles. The van der Waals surface area contributed by atoms with Crippen molar-refractivity contribution in [1.29, 1.82) is 0 Å². The van der Waals surface area contributed by atoms with E-state index in [-0.39, 0.29) is 30.3 Å². The van der Waals surface area contributed by atoms with Crippen molar-refractivity contribution >= 4 is 23.5 Å². The first kappa shape index (κ1) is 19.4. The number of rotatable bonds is 5. The van der Waals surface area contributed by atoms with Crippen LogP contribution >= 0.6 is 0 Å². The van der Waals surface area contributed by atoms with Crippen LogP contribution in [0, 0.1) is 6.92 Å². The third-order valence-electron chi connectivity index (χ3n) is 5.95. The van der Waals surface area contributed by atoms with Crippen LogP contribution in [0.1, 0.15) is 31.2 Å². The van der Waals surface area contributed by atoms with Gasteiger partial charge in [-0.15, -0.1) is 0 Å². The fourth-order valence-electron chi connectivity index (χ4n) is 4.32. The summed E-state index contributed by atoms with van der Waals surface area (Å²) >= 11 is 0. The molecule has 3 aliphatic rings. The molecule has 0 atom stereocenters. The summed E-state index contributed by atoms with van der Waals surface area (Å²) < 4.78 is 0. The Morgan fingerprint density at radius 3 is 2.77 bits per heavy atom. The van der Waals surface area contributed by atoms with Crippen LogP contribution in [0.5, 0.6) is 0 Å². The molecule has 1 saturated carbocycles. The maximum Gasteiger partial charge on any atom is 0.277 e. The SMILES string of the molecule is Cc1cc(NC(=O)CN2CCCC3=C2C(=O)N(C2CC2)C3=O)ncc1-c1cccnc1. The van der Waals surface area contributed by atoms with Crippen LogP contribution < -0.4 is 5.32 Å². The Morgan fingerprint density at radius 2 is 2.06 bits per heavy atom. The zero-order valence-electron chi connectivity index (χ0n) is 17.3. The molecule has 2 aromatic rings. The number of nitrogens with zero attached hydrogens (tertiary/aromatic N) is 4. The fraction of sp³-hybridized carbons (Fsp3) is 0.348. The van der Waals surface area contributed by atoms with E-state index in [1.54, 1.807) is 23.5 Å². The van der Waals surface area contributed by atoms with Gasteiger partial charge < -0.3 is 10.2 Å². The summed E-state index contributed by atoms with van der Waals surface area (Å²) in [5.74, 6) is -0.227. The summed E-state index contributed by atoms with van der Waals surface area (Å²) in [7, 11) is 0. The first-order valence-corrected chi connectivity index (χ1v) is 10.6. The van der Waals surface area contributed by atoms with E-state index in [0.29, 0.717) is 30.1 Å². The molecule has 158 valence electrons. The molecule has 1 N–H and O–H groups in total. The summed E-state index contributed by atoms with van der Waals surface area (Å²) in [5.41, 5.74) is 3.85. The van der Waals surface area contributed by atoms with Gasteiger partial charge in [0.25, 0.3) is 11.8 Å². The summed E-state index contributed by atoms with van der Waals surface area (Å²) in [5, 5.41) is 2.82. The van der Waals surface area contributed by atoms with E-state index >= 15 is 0 Å². The third-order valence-corrected chi connectivity index (χ3v) is 5.95. The second-order valence-corrected chi connectivity index (χ2v) is 8.24. The van der Waals surface area contributed by atoms with Gasteiger partial charge in [-0.1, -0.05) is 6.07 Å². The Balaban J connectivity index is 1.29. The largest absolute Gasteiger partial charge is 0.357 e. The Labute approximate surface area is 180 Å². The molecule has 31 heavy (non-hydrogen) atoms. The summed E-state index contributed by atoms with van der Waals surface area (Å²) in [6.07, 6.45) is 8.30. The molecule has 1 fully saturated rings. The van der Waals surface area contributed by atoms with Crippen LogP contribution in [-0.4, -0.2) is 56.6 Å². The minimum atomic E-state index is -0.264. The van der Waals surface area contributed by atoms with Crippen LogP contribution in [0.25, 0.3) is 11.1 Å². The lowest BCUT2D eigenvalue weighted by atomic mass is 10.0. The van der Waals surface area contributed by atoms with E-state index < -0.39 is 0 Å². The number of carbonyl (C=O) groups is 3. The van der Waals surface area contributed by atoms with Gasteiger partial charge in [-0.25, -0.2) is 4.98 Å². The zero-order chi connectivity index (χ0) is 21.5. The predicted octanol–water partition coefficient (Wildman–Crippen LogP) is 2.27. The van der Waals surface area contributed by atoms with E-state index in [1.807, 2.05) is 25.1 Å². The van der Waals surface area contributed by atoms with E-state index in [4.69, 9.17) is 0 Å². The second-order valence-electron chi connectivity index (χ2n) is 8.24. The van der Waals surface area contributed by atoms with Crippen molar-refractivity contribution in [3.63, 3.8) is 0 Å². The summed E-state index contributed by atoms with van der Waals surface area (Å²) in [4.78, 5) is 49.9. The lowest BCUT2D eigenvalue weighted by Gasteiger charge is -2.28. The molecular formula is C23H23N5O3. The number of imide groups is 1. The normalized spacial score (nSPS) is 18.5. The number of anilines is 1.